The van der Waals surface area contributed by atoms with Crippen molar-refractivity contribution < 1.29 is 0 Å². The van der Waals surface area contributed by atoms with Gasteiger partial charge in [-0.3, -0.25) is 4.98 Å². The van der Waals surface area contributed by atoms with Gasteiger partial charge in [0.2, 0.25) is 0 Å². The molecule has 0 N–H and O–H groups in total. The van der Waals surface area contributed by atoms with Gasteiger partial charge in [-0.15, -0.1) is 11.8 Å². The molecule has 0 aliphatic heterocycles. The number of thioether (sulfide) groups is 1. The summed E-state index contributed by atoms with van der Waals surface area (Å²) in [7, 11) is 0. The molecule has 0 unspecified atom stereocenters. The minimum atomic E-state index is 0.650. The lowest BCUT2D eigenvalue weighted by Crippen LogP contribution is -1.86. The van der Waals surface area contributed by atoms with Crippen LogP contribution in [0.4, 0.5) is 0 Å². The molecule has 0 fully saturated rings. The van der Waals surface area contributed by atoms with E-state index in [2.05, 4.69) is 11.1 Å². The molecule has 2 rings (SSSR count). The molecule has 0 spiro atoms. The summed E-state index contributed by atoms with van der Waals surface area (Å²) in [5.41, 5.74) is 1.71. The first kappa shape index (κ1) is 12.0. The van der Waals surface area contributed by atoms with E-state index in [9.17, 15) is 0 Å². The molecule has 0 aliphatic carbocycles. The first-order valence-electron chi connectivity index (χ1n) is 5.01. The lowest BCUT2D eigenvalue weighted by molar-refractivity contribution is 1.21. The molecule has 2 aromatic rings. The van der Waals surface area contributed by atoms with Crippen LogP contribution in [-0.2, 0) is 5.75 Å². The summed E-state index contributed by atoms with van der Waals surface area (Å²) in [4.78, 5) is 4.91. The van der Waals surface area contributed by atoms with Gasteiger partial charge in [0.25, 0.3) is 0 Å². The third-order valence-electron chi connectivity index (χ3n) is 2.25. The Balaban J connectivity index is 2.13. The van der Waals surface area contributed by atoms with Crippen LogP contribution < -0.4 is 0 Å². The van der Waals surface area contributed by atoms with Gasteiger partial charge in [-0.2, -0.15) is 5.26 Å². The molecule has 1 aromatic heterocycles. The molecule has 0 aliphatic rings. The first-order valence-corrected chi connectivity index (χ1v) is 6.38. The maximum Gasteiger partial charge on any atom is 0.100 e. The zero-order valence-corrected chi connectivity index (χ0v) is 10.5. The van der Waals surface area contributed by atoms with E-state index in [1.165, 1.54) is 0 Å². The number of benzene rings is 1. The zero-order valence-electron chi connectivity index (χ0n) is 8.93. The highest BCUT2D eigenvalue weighted by molar-refractivity contribution is 7.98. The third-order valence-corrected chi connectivity index (χ3v) is 3.71. The number of rotatable bonds is 3. The third kappa shape index (κ3) is 3.00. The minimum absolute atomic E-state index is 0.650. The Labute approximate surface area is 109 Å². The Morgan fingerprint density at radius 1 is 1.29 bits per heavy atom. The van der Waals surface area contributed by atoms with Crippen LogP contribution in [0, 0.1) is 11.3 Å². The van der Waals surface area contributed by atoms with Gasteiger partial charge in [0.05, 0.1) is 5.56 Å². The summed E-state index contributed by atoms with van der Waals surface area (Å²) in [5, 5.41) is 9.71. The number of hydrogen-bond acceptors (Lipinski definition) is 3. The fourth-order valence-electron chi connectivity index (χ4n) is 1.36. The highest BCUT2D eigenvalue weighted by Crippen LogP contribution is 2.27. The van der Waals surface area contributed by atoms with Crippen LogP contribution in [0.15, 0.2) is 47.6 Å². The van der Waals surface area contributed by atoms with Gasteiger partial charge < -0.3 is 0 Å². The highest BCUT2D eigenvalue weighted by atomic mass is 35.5. The second-order valence-corrected chi connectivity index (χ2v) is 4.79. The van der Waals surface area contributed by atoms with E-state index in [1.54, 1.807) is 30.2 Å². The fourth-order valence-corrected chi connectivity index (χ4v) is 2.61. The van der Waals surface area contributed by atoms with Crippen LogP contribution >= 0.6 is 23.4 Å². The Morgan fingerprint density at radius 3 is 2.88 bits per heavy atom. The average Bonchev–Trinajstić information content (AvgIpc) is 2.38. The normalized spacial score (nSPS) is 9.88. The maximum atomic E-state index is 8.95. The predicted molar refractivity (Wildman–Crippen MR) is 70.0 cm³/mol. The summed E-state index contributed by atoms with van der Waals surface area (Å²) in [6.07, 6.45) is 3.33. The molecule has 0 radical (unpaired) electrons. The summed E-state index contributed by atoms with van der Waals surface area (Å²) < 4.78 is 0. The van der Waals surface area contributed by atoms with Crippen molar-refractivity contribution in [1.82, 2.24) is 4.98 Å². The minimum Gasteiger partial charge on any atom is -0.263 e. The zero-order chi connectivity index (χ0) is 12.1. The Morgan fingerprint density at radius 2 is 2.12 bits per heavy atom. The van der Waals surface area contributed by atoms with Crippen LogP contribution in [0.1, 0.15) is 11.1 Å². The molecule has 0 saturated carbocycles. The van der Waals surface area contributed by atoms with Crippen molar-refractivity contribution in [2.24, 2.45) is 0 Å². The predicted octanol–water partition coefficient (Wildman–Crippen LogP) is 3.90. The lowest BCUT2D eigenvalue weighted by atomic mass is 10.2. The smallest absolute Gasteiger partial charge is 0.100 e. The van der Waals surface area contributed by atoms with Crippen molar-refractivity contribution in [1.29, 1.82) is 5.26 Å². The van der Waals surface area contributed by atoms with Gasteiger partial charge in [0, 0.05) is 28.1 Å². The SMILES string of the molecule is N#Cc1ccncc1SCc1ccccc1Cl. The first-order chi connectivity index (χ1) is 8.31. The second kappa shape index (κ2) is 5.72. The molecule has 0 atom stereocenters. The van der Waals surface area contributed by atoms with Crippen molar-refractivity contribution in [3.63, 3.8) is 0 Å². The molecule has 1 heterocycles. The largest absolute Gasteiger partial charge is 0.263 e. The maximum absolute atomic E-state index is 8.95. The molecule has 2 nitrogen and oxygen atoms in total. The summed E-state index contributed by atoms with van der Waals surface area (Å²) in [5.74, 6) is 0.736. The van der Waals surface area contributed by atoms with E-state index >= 15 is 0 Å². The van der Waals surface area contributed by atoms with Crippen LogP contribution in [0.5, 0.6) is 0 Å². The Hall–Kier alpha value is -1.50. The Kier molecular flexibility index (Phi) is 4.03. The van der Waals surface area contributed by atoms with Crippen molar-refractivity contribution in [2.45, 2.75) is 10.6 Å². The molecule has 84 valence electrons. The lowest BCUT2D eigenvalue weighted by Gasteiger charge is -2.04. The van der Waals surface area contributed by atoms with Gasteiger partial charge >= 0.3 is 0 Å². The molecular formula is C13H9ClN2S. The number of aromatic nitrogens is 1. The molecule has 4 heteroatoms. The summed E-state index contributed by atoms with van der Waals surface area (Å²) >= 11 is 7.64. The monoisotopic (exact) mass is 260 g/mol. The number of halogens is 1. The number of pyridine rings is 1. The van der Waals surface area contributed by atoms with E-state index in [1.807, 2.05) is 24.3 Å². The van der Waals surface area contributed by atoms with E-state index in [0.29, 0.717) is 5.56 Å². The topological polar surface area (TPSA) is 36.7 Å². The van der Waals surface area contributed by atoms with Crippen LogP contribution in [-0.4, -0.2) is 4.98 Å². The van der Waals surface area contributed by atoms with E-state index in [0.717, 1.165) is 21.2 Å². The van der Waals surface area contributed by atoms with E-state index < -0.39 is 0 Å². The van der Waals surface area contributed by atoms with Crippen molar-refractivity contribution in [3.05, 3.63) is 58.9 Å². The van der Waals surface area contributed by atoms with E-state index in [4.69, 9.17) is 16.9 Å². The van der Waals surface area contributed by atoms with Crippen molar-refractivity contribution in [2.75, 3.05) is 0 Å². The van der Waals surface area contributed by atoms with E-state index in [-0.39, 0.29) is 0 Å². The van der Waals surface area contributed by atoms with Crippen LogP contribution in [0.25, 0.3) is 0 Å². The van der Waals surface area contributed by atoms with Gasteiger partial charge in [-0.1, -0.05) is 29.8 Å². The molecular weight excluding hydrogens is 252 g/mol. The summed E-state index contributed by atoms with van der Waals surface area (Å²) in [6, 6.07) is 11.6. The molecule has 0 bridgehead atoms. The number of hydrogen-bond donors (Lipinski definition) is 0. The average molecular weight is 261 g/mol. The van der Waals surface area contributed by atoms with Gasteiger partial charge in [0.1, 0.15) is 6.07 Å². The Bertz CT molecular complexity index is 563. The van der Waals surface area contributed by atoms with Gasteiger partial charge in [0.15, 0.2) is 0 Å². The van der Waals surface area contributed by atoms with Crippen LogP contribution in [0.3, 0.4) is 0 Å². The van der Waals surface area contributed by atoms with Gasteiger partial charge in [-0.25, -0.2) is 0 Å². The number of nitriles is 1. The summed E-state index contributed by atoms with van der Waals surface area (Å²) in [6.45, 7) is 0. The molecule has 0 saturated heterocycles. The fraction of sp³-hybridized carbons (Fsp3) is 0.0769. The second-order valence-electron chi connectivity index (χ2n) is 3.36. The highest BCUT2D eigenvalue weighted by Gasteiger charge is 2.04. The quantitative estimate of drug-likeness (QED) is 0.786. The molecule has 0 amide bonds. The standard InChI is InChI=1S/C13H9ClN2S/c14-12-4-2-1-3-11(12)9-17-13-8-16-6-5-10(13)7-15/h1-6,8H,9H2. The van der Waals surface area contributed by atoms with Gasteiger partial charge in [-0.05, 0) is 17.7 Å². The van der Waals surface area contributed by atoms with Crippen molar-refractivity contribution >= 4 is 23.4 Å². The van der Waals surface area contributed by atoms with Crippen LogP contribution in [0.2, 0.25) is 5.02 Å². The van der Waals surface area contributed by atoms with Crippen molar-refractivity contribution in [3.8, 4) is 6.07 Å². The molecule has 17 heavy (non-hydrogen) atoms. The number of nitrogens with zero attached hydrogens (tertiary/aromatic N) is 2. The molecule has 1 aromatic carbocycles.